The number of aromatic nitrogens is 2. The summed E-state index contributed by atoms with van der Waals surface area (Å²) in [6, 6.07) is 5.62. The highest BCUT2D eigenvalue weighted by atomic mass is 19.1. The van der Waals surface area contributed by atoms with Gasteiger partial charge < -0.3 is 5.11 Å². The molecule has 0 atom stereocenters. The molecule has 0 unspecified atom stereocenters. The molecule has 0 fully saturated rings. The first-order chi connectivity index (χ1) is 8.63. The van der Waals surface area contributed by atoms with Crippen molar-refractivity contribution < 1.29 is 14.3 Å². The molecule has 0 bridgehead atoms. The normalized spacial score (nSPS) is 10.6. The molecule has 0 aliphatic heterocycles. The van der Waals surface area contributed by atoms with Crippen molar-refractivity contribution in [2.75, 3.05) is 0 Å². The lowest BCUT2D eigenvalue weighted by molar-refractivity contribution is 0.0696. The second-order valence-corrected chi connectivity index (χ2v) is 3.99. The van der Waals surface area contributed by atoms with Crippen LogP contribution >= 0.6 is 0 Å². The number of aromatic amines is 1. The Hall–Kier alpha value is -2.17. The van der Waals surface area contributed by atoms with Crippen molar-refractivity contribution in [3.8, 4) is 11.3 Å². The number of nitrogens with zero attached hydrogens (tertiary/aromatic N) is 1. The Labute approximate surface area is 103 Å². The van der Waals surface area contributed by atoms with Gasteiger partial charge in [-0.3, -0.25) is 5.10 Å². The number of benzene rings is 1. The molecule has 0 saturated heterocycles. The summed E-state index contributed by atoms with van der Waals surface area (Å²) in [4.78, 5) is 11.3. The van der Waals surface area contributed by atoms with Crippen LogP contribution in [0.1, 0.15) is 29.4 Å². The first-order valence-corrected chi connectivity index (χ1v) is 5.70. The van der Waals surface area contributed by atoms with Crippen LogP contribution in [0.25, 0.3) is 11.3 Å². The second-order valence-electron chi connectivity index (χ2n) is 3.99. The van der Waals surface area contributed by atoms with Crippen LogP contribution in [0.15, 0.2) is 24.3 Å². The van der Waals surface area contributed by atoms with Crippen molar-refractivity contribution >= 4 is 5.97 Å². The zero-order chi connectivity index (χ0) is 13.1. The topological polar surface area (TPSA) is 66.0 Å². The smallest absolute Gasteiger partial charge is 0.339 e. The molecular weight excluding hydrogens is 235 g/mol. The van der Waals surface area contributed by atoms with E-state index in [2.05, 4.69) is 10.2 Å². The maximum atomic E-state index is 12.8. The molecule has 2 rings (SSSR count). The van der Waals surface area contributed by atoms with Crippen molar-refractivity contribution in [2.24, 2.45) is 0 Å². The molecule has 2 N–H and O–H groups in total. The summed E-state index contributed by atoms with van der Waals surface area (Å²) >= 11 is 0. The quantitative estimate of drug-likeness (QED) is 0.874. The summed E-state index contributed by atoms with van der Waals surface area (Å²) in [5.74, 6) is -1.38. The van der Waals surface area contributed by atoms with Gasteiger partial charge in [-0.2, -0.15) is 5.10 Å². The van der Waals surface area contributed by atoms with Crippen molar-refractivity contribution in [3.63, 3.8) is 0 Å². The molecule has 0 saturated carbocycles. The van der Waals surface area contributed by atoms with E-state index in [0.717, 1.165) is 6.42 Å². The third kappa shape index (κ3) is 2.25. The van der Waals surface area contributed by atoms with Gasteiger partial charge in [0.15, 0.2) is 0 Å². The number of aromatic carboxylic acids is 1. The molecule has 1 heterocycles. The van der Waals surface area contributed by atoms with E-state index in [-0.39, 0.29) is 11.4 Å². The van der Waals surface area contributed by atoms with E-state index in [1.165, 1.54) is 24.3 Å². The lowest BCUT2D eigenvalue weighted by Crippen LogP contribution is -2.02. The number of carboxylic acid groups (broad SMARTS) is 1. The van der Waals surface area contributed by atoms with Gasteiger partial charge in [0.1, 0.15) is 17.1 Å². The second kappa shape index (κ2) is 5.00. The SMILES string of the molecule is CCCc1[nH]nc(-c2ccc(F)cc2)c1C(=O)O. The Morgan fingerprint density at radius 2 is 2.06 bits per heavy atom. The minimum Gasteiger partial charge on any atom is -0.478 e. The van der Waals surface area contributed by atoms with Crippen LogP contribution < -0.4 is 0 Å². The fourth-order valence-corrected chi connectivity index (χ4v) is 1.86. The number of carboxylic acids is 1. The highest BCUT2D eigenvalue weighted by molar-refractivity contribution is 5.96. The van der Waals surface area contributed by atoms with E-state index < -0.39 is 5.97 Å². The fraction of sp³-hybridized carbons (Fsp3) is 0.231. The highest BCUT2D eigenvalue weighted by Gasteiger charge is 2.20. The minimum absolute atomic E-state index is 0.170. The van der Waals surface area contributed by atoms with Crippen LogP contribution in [-0.2, 0) is 6.42 Å². The van der Waals surface area contributed by atoms with Crippen LogP contribution in [0.5, 0.6) is 0 Å². The number of nitrogens with one attached hydrogen (secondary N) is 1. The zero-order valence-corrected chi connectivity index (χ0v) is 9.90. The molecule has 1 aromatic carbocycles. The largest absolute Gasteiger partial charge is 0.478 e. The van der Waals surface area contributed by atoms with Crippen molar-refractivity contribution in [1.29, 1.82) is 0 Å². The molecule has 1 aromatic heterocycles. The van der Waals surface area contributed by atoms with Crippen molar-refractivity contribution in [3.05, 3.63) is 41.3 Å². The monoisotopic (exact) mass is 248 g/mol. The molecule has 2 aromatic rings. The summed E-state index contributed by atoms with van der Waals surface area (Å²) in [6.45, 7) is 1.96. The van der Waals surface area contributed by atoms with Crippen LogP contribution in [0, 0.1) is 5.82 Å². The van der Waals surface area contributed by atoms with Crippen LogP contribution in [0.2, 0.25) is 0 Å². The molecule has 4 nitrogen and oxygen atoms in total. The molecule has 0 aliphatic carbocycles. The number of H-pyrrole nitrogens is 1. The third-order valence-electron chi connectivity index (χ3n) is 2.67. The Bertz CT molecular complexity index is 561. The molecule has 94 valence electrons. The predicted molar refractivity (Wildman–Crippen MR) is 64.9 cm³/mol. The Morgan fingerprint density at radius 3 is 2.61 bits per heavy atom. The summed E-state index contributed by atoms with van der Waals surface area (Å²) < 4.78 is 12.8. The average Bonchev–Trinajstić information content (AvgIpc) is 2.74. The molecule has 0 radical (unpaired) electrons. The van der Waals surface area contributed by atoms with E-state index in [1.54, 1.807) is 0 Å². The summed E-state index contributed by atoms with van der Waals surface area (Å²) in [5, 5.41) is 16.0. The highest BCUT2D eigenvalue weighted by Crippen LogP contribution is 2.24. The molecule has 18 heavy (non-hydrogen) atoms. The first kappa shape index (κ1) is 12.3. The van der Waals surface area contributed by atoms with E-state index in [1.807, 2.05) is 6.92 Å². The van der Waals surface area contributed by atoms with E-state index in [0.29, 0.717) is 23.4 Å². The van der Waals surface area contributed by atoms with Crippen LogP contribution in [0.4, 0.5) is 4.39 Å². The molecule has 0 amide bonds. The minimum atomic E-state index is -1.02. The standard InChI is InChI=1S/C13H13FN2O2/c1-2-3-10-11(13(17)18)12(16-15-10)8-4-6-9(14)7-5-8/h4-7H,2-3H2,1H3,(H,15,16)(H,17,18). The molecule has 0 aliphatic rings. The Kier molecular flexibility index (Phi) is 3.41. The van der Waals surface area contributed by atoms with E-state index in [4.69, 9.17) is 0 Å². The maximum absolute atomic E-state index is 12.8. The van der Waals surface area contributed by atoms with Gasteiger partial charge in [-0.15, -0.1) is 0 Å². The zero-order valence-electron chi connectivity index (χ0n) is 9.90. The van der Waals surface area contributed by atoms with Gasteiger partial charge in [0.25, 0.3) is 0 Å². The number of halogens is 1. The van der Waals surface area contributed by atoms with Crippen molar-refractivity contribution in [1.82, 2.24) is 10.2 Å². The summed E-state index contributed by atoms with van der Waals surface area (Å²) in [7, 11) is 0. The Balaban J connectivity index is 2.50. The van der Waals surface area contributed by atoms with Gasteiger partial charge in [-0.1, -0.05) is 13.3 Å². The van der Waals surface area contributed by atoms with Crippen LogP contribution in [0.3, 0.4) is 0 Å². The van der Waals surface area contributed by atoms with Gasteiger partial charge in [-0.05, 0) is 30.7 Å². The predicted octanol–water partition coefficient (Wildman–Crippen LogP) is 2.87. The lowest BCUT2D eigenvalue weighted by atomic mass is 10.0. The first-order valence-electron chi connectivity index (χ1n) is 5.70. The van der Waals surface area contributed by atoms with Crippen molar-refractivity contribution in [2.45, 2.75) is 19.8 Å². The number of aryl methyl sites for hydroxylation is 1. The molecule has 0 spiro atoms. The fourth-order valence-electron chi connectivity index (χ4n) is 1.86. The number of hydrogen-bond acceptors (Lipinski definition) is 2. The third-order valence-corrected chi connectivity index (χ3v) is 2.67. The molecule has 5 heteroatoms. The summed E-state index contributed by atoms with van der Waals surface area (Å²) in [5.41, 5.74) is 1.71. The van der Waals surface area contributed by atoms with Gasteiger partial charge in [-0.25, -0.2) is 9.18 Å². The van der Waals surface area contributed by atoms with Gasteiger partial charge in [0.05, 0.1) is 5.69 Å². The van der Waals surface area contributed by atoms with E-state index >= 15 is 0 Å². The summed E-state index contributed by atoms with van der Waals surface area (Å²) in [6.07, 6.45) is 1.45. The lowest BCUT2D eigenvalue weighted by Gasteiger charge is -2.00. The molecular formula is C13H13FN2O2. The van der Waals surface area contributed by atoms with Gasteiger partial charge in [0, 0.05) is 5.56 Å². The van der Waals surface area contributed by atoms with Gasteiger partial charge >= 0.3 is 5.97 Å². The Morgan fingerprint density at radius 1 is 1.39 bits per heavy atom. The van der Waals surface area contributed by atoms with Crippen LogP contribution in [-0.4, -0.2) is 21.3 Å². The van der Waals surface area contributed by atoms with E-state index in [9.17, 15) is 14.3 Å². The number of hydrogen-bond donors (Lipinski definition) is 2. The average molecular weight is 248 g/mol. The maximum Gasteiger partial charge on any atom is 0.339 e. The number of rotatable bonds is 4. The number of carbonyl (C=O) groups is 1. The van der Waals surface area contributed by atoms with Gasteiger partial charge in [0.2, 0.25) is 0 Å².